The van der Waals surface area contributed by atoms with Crippen molar-refractivity contribution in [2.45, 2.75) is 32.0 Å². The second-order valence-corrected chi connectivity index (χ2v) is 9.81. The molecule has 0 aliphatic carbocycles. The summed E-state index contributed by atoms with van der Waals surface area (Å²) in [4.78, 5) is 35.1. The fraction of sp³-hybridized carbons (Fsp3) is 0.692. The molecule has 0 aromatic heterocycles. The molecule has 194 valence electrons. The maximum atomic E-state index is 13.5. The third-order valence-corrected chi connectivity index (χ3v) is 7.54. The number of morpholine rings is 1. The lowest BCUT2D eigenvalue weighted by Crippen LogP contribution is -2.53. The number of ether oxygens (including phenoxy) is 2. The van der Waals surface area contributed by atoms with E-state index in [0.29, 0.717) is 26.1 Å². The SMILES string of the molecule is COCC(=O)N1CC(N(CCN2CCOCC2)Cc2ccccc2C)CC1C(=O)N1CCNCC1. The molecule has 0 spiro atoms. The Morgan fingerprint density at radius 3 is 2.60 bits per heavy atom. The van der Waals surface area contributed by atoms with Crippen LogP contribution in [0.4, 0.5) is 0 Å². The van der Waals surface area contributed by atoms with Crippen LogP contribution in [0.1, 0.15) is 17.5 Å². The third kappa shape index (κ3) is 6.80. The first-order chi connectivity index (χ1) is 17.1. The van der Waals surface area contributed by atoms with E-state index in [0.717, 1.165) is 59.0 Å². The Labute approximate surface area is 209 Å². The Morgan fingerprint density at radius 1 is 1.14 bits per heavy atom. The largest absolute Gasteiger partial charge is 0.379 e. The maximum Gasteiger partial charge on any atom is 0.249 e. The fourth-order valence-corrected chi connectivity index (χ4v) is 5.38. The maximum absolute atomic E-state index is 13.5. The number of benzene rings is 1. The minimum absolute atomic E-state index is 0.00360. The highest BCUT2D eigenvalue weighted by molar-refractivity contribution is 5.89. The lowest BCUT2D eigenvalue weighted by atomic mass is 10.1. The molecule has 3 aliphatic rings. The predicted molar refractivity (Wildman–Crippen MR) is 134 cm³/mol. The quantitative estimate of drug-likeness (QED) is 0.532. The summed E-state index contributed by atoms with van der Waals surface area (Å²) in [7, 11) is 1.53. The number of rotatable bonds is 9. The van der Waals surface area contributed by atoms with E-state index in [1.54, 1.807) is 4.90 Å². The van der Waals surface area contributed by atoms with Crippen LogP contribution in [0.5, 0.6) is 0 Å². The average Bonchev–Trinajstić information content (AvgIpc) is 3.34. The standard InChI is InChI=1S/C26H41N5O4/c1-21-5-3-4-6-22(21)18-30(12-11-28-13-15-35-16-14-28)23-17-24(31(19-23)25(32)20-34-2)26(33)29-9-7-27-8-10-29/h3-6,23-24,27H,7-20H2,1-2H3. The summed E-state index contributed by atoms with van der Waals surface area (Å²) in [5.74, 6) is -0.0324. The summed E-state index contributed by atoms with van der Waals surface area (Å²) in [5.41, 5.74) is 2.56. The Hall–Kier alpha value is -2.04. The second-order valence-electron chi connectivity index (χ2n) is 9.81. The summed E-state index contributed by atoms with van der Waals surface area (Å²) < 4.78 is 10.7. The number of carbonyl (C=O) groups excluding carboxylic acids is 2. The minimum Gasteiger partial charge on any atom is -0.379 e. The molecule has 0 radical (unpaired) electrons. The summed E-state index contributed by atoms with van der Waals surface area (Å²) in [5, 5.41) is 3.31. The summed E-state index contributed by atoms with van der Waals surface area (Å²) >= 11 is 0. The average molecular weight is 488 g/mol. The number of hydrogen-bond donors (Lipinski definition) is 1. The van der Waals surface area contributed by atoms with E-state index in [-0.39, 0.29) is 24.5 Å². The van der Waals surface area contributed by atoms with Crippen molar-refractivity contribution < 1.29 is 19.1 Å². The molecule has 3 saturated heterocycles. The van der Waals surface area contributed by atoms with Crippen LogP contribution in [-0.2, 0) is 25.6 Å². The highest BCUT2D eigenvalue weighted by Gasteiger charge is 2.43. The Bertz CT molecular complexity index is 841. The molecule has 35 heavy (non-hydrogen) atoms. The molecule has 2 atom stereocenters. The summed E-state index contributed by atoms with van der Waals surface area (Å²) in [6.07, 6.45) is 0.660. The number of piperazine rings is 1. The number of nitrogens with one attached hydrogen (secondary N) is 1. The molecular formula is C26H41N5O4. The molecule has 4 rings (SSSR count). The lowest BCUT2D eigenvalue weighted by molar-refractivity contribution is -0.146. The molecule has 0 bridgehead atoms. The predicted octanol–water partition coefficient (Wildman–Crippen LogP) is 0.177. The number of likely N-dealkylation sites (tertiary alicyclic amines) is 1. The van der Waals surface area contributed by atoms with Crippen molar-refractivity contribution in [1.29, 1.82) is 0 Å². The van der Waals surface area contributed by atoms with Gasteiger partial charge in [-0.2, -0.15) is 0 Å². The monoisotopic (exact) mass is 487 g/mol. The first-order valence-electron chi connectivity index (χ1n) is 12.9. The lowest BCUT2D eigenvalue weighted by Gasteiger charge is -2.33. The van der Waals surface area contributed by atoms with Crippen LogP contribution in [0.15, 0.2) is 24.3 Å². The molecule has 3 fully saturated rings. The molecule has 1 aromatic rings. The van der Waals surface area contributed by atoms with Gasteiger partial charge in [0.2, 0.25) is 11.8 Å². The van der Waals surface area contributed by atoms with Crippen LogP contribution >= 0.6 is 0 Å². The van der Waals surface area contributed by atoms with Gasteiger partial charge in [-0.1, -0.05) is 24.3 Å². The smallest absolute Gasteiger partial charge is 0.249 e. The van der Waals surface area contributed by atoms with Crippen molar-refractivity contribution in [3.63, 3.8) is 0 Å². The van der Waals surface area contributed by atoms with Gasteiger partial charge >= 0.3 is 0 Å². The van der Waals surface area contributed by atoms with Crippen LogP contribution in [0.2, 0.25) is 0 Å². The highest BCUT2D eigenvalue weighted by Crippen LogP contribution is 2.26. The van der Waals surface area contributed by atoms with Crippen molar-refractivity contribution in [2.24, 2.45) is 0 Å². The number of methoxy groups -OCH3 is 1. The molecule has 9 heteroatoms. The molecule has 1 aromatic carbocycles. The molecule has 9 nitrogen and oxygen atoms in total. The minimum atomic E-state index is -0.427. The first-order valence-corrected chi connectivity index (χ1v) is 12.9. The van der Waals surface area contributed by atoms with Crippen LogP contribution in [0, 0.1) is 6.92 Å². The Morgan fingerprint density at radius 2 is 1.89 bits per heavy atom. The molecule has 2 unspecified atom stereocenters. The van der Waals surface area contributed by atoms with E-state index in [9.17, 15) is 9.59 Å². The topological polar surface area (TPSA) is 77.6 Å². The molecular weight excluding hydrogens is 446 g/mol. The van der Waals surface area contributed by atoms with Crippen molar-refractivity contribution in [3.8, 4) is 0 Å². The van der Waals surface area contributed by atoms with Gasteiger partial charge in [-0.3, -0.25) is 19.4 Å². The van der Waals surface area contributed by atoms with Crippen LogP contribution in [-0.4, -0.2) is 129 Å². The van der Waals surface area contributed by atoms with E-state index in [1.807, 2.05) is 4.90 Å². The number of nitrogens with zero attached hydrogens (tertiary/aromatic N) is 4. The molecule has 1 N–H and O–H groups in total. The van der Waals surface area contributed by atoms with Gasteiger partial charge in [0, 0.05) is 78.6 Å². The third-order valence-electron chi connectivity index (χ3n) is 7.54. The molecule has 2 amide bonds. The highest BCUT2D eigenvalue weighted by atomic mass is 16.5. The Balaban J connectivity index is 1.52. The summed E-state index contributed by atoms with van der Waals surface area (Å²) in [6, 6.07) is 8.18. The Kier molecular flexibility index (Phi) is 9.51. The van der Waals surface area contributed by atoms with E-state index in [4.69, 9.17) is 9.47 Å². The normalized spacial score (nSPS) is 23.7. The van der Waals surface area contributed by atoms with Crippen LogP contribution in [0.25, 0.3) is 0 Å². The van der Waals surface area contributed by atoms with Gasteiger partial charge in [-0.25, -0.2) is 0 Å². The van der Waals surface area contributed by atoms with Crippen LogP contribution in [0.3, 0.4) is 0 Å². The van der Waals surface area contributed by atoms with E-state index in [1.165, 1.54) is 18.2 Å². The molecule has 3 aliphatic heterocycles. The van der Waals surface area contributed by atoms with Gasteiger partial charge in [0.25, 0.3) is 0 Å². The molecule has 3 heterocycles. The van der Waals surface area contributed by atoms with Gasteiger partial charge in [-0.15, -0.1) is 0 Å². The number of amides is 2. The zero-order valence-electron chi connectivity index (χ0n) is 21.3. The number of hydrogen-bond acceptors (Lipinski definition) is 7. The van der Waals surface area contributed by atoms with Gasteiger partial charge in [0.15, 0.2) is 0 Å². The zero-order chi connectivity index (χ0) is 24.6. The van der Waals surface area contributed by atoms with E-state index >= 15 is 0 Å². The van der Waals surface area contributed by atoms with Gasteiger partial charge in [-0.05, 0) is 24.5 Å². The zero-order valence-corrected chi connectivity index (χ0v) is 21.3. The van der Waals surface area contributed by atoms with Gasteiger partial charge < -0.3 is 24.6 Å². The number of aryl methyl sites for hydroxylation is 1. The molecule has 0 saturated carbocycles. The van der Waals surface area contributed by atoms with E-state index < -0.39 is 6.04 Å². The van der Waals surface area contributed by atoms with Crippen molar-refractivity contribution >= 4 is 11.8 Å². The van der Waals surface area contributed by atoms with Crippen molar-refractivity contribution in [1.82, 2.24) is 24.9 Å². The van der Waals surface area contributed by atoms with E-state index in [2.05, 4.69) is 46.3 Å². The summed E-state index contributed by atoms with van der Waals surface area (Å²) in [6.45, 7) is 11.8. The van der Waals surface area contributed by atoms with Crippen LogP contribution < -0.4 is 5.32 Å². The number of carbonyl (C=O) groups is 2. The van der Waals surface area contributed by atoms with Gasteiger partial charge in [0.05, 0.1) is 13.2 Å². The van der Waals surface area contributed by atoms with Crippen molar-refractivity contribution in [3.05, 3.63) is 35.4 Å². The first kappa shape index (κ1) is 26.0. The van der Waals surface area contributed by atoms with Gasteiger partial charge in [0.1, 0.15) is 12.6 Å². The van der Waals surface area contributed by atoms with Crippen molar-refractivity contribution in [2.75, 3.05) is 85.8 Å². The fourth-order valence-electron chi connectivity index (χ4n) is 5.38. The second kappa shape index (κ2) is 12.8.